The molecular formula is C15H26N2. The van der Waals surface area contributed by atoms with E-state index in [0.717, 1.165) is 19.5 Å². The van der Waals surface area contributed by atoms with Crippen LogP contribution in [-0.4, -0.2) is 20.1 Å². The normalized spacial score (nSPS) is 14.5. The van der Waals surface area contributed by atoms with Gasteiger partial charge >= 0.3 is 0 Å². The van der Waals surface area contributed by atoms with E-state index in [-0.39, 0.29) is 5.41 Å². The van der Waals surface area contributed by atoms with E-state index in [1.165, 1.54) is 16.8 Å². The molecule has 0 spiro atoms. The first-order valence-electron chi connectivity index (χ1n) is 6.40. The van der Waals surface area contributed by atoms with Gasteiger partial charge in [0.25, 0.3) is 0 Å². The SMILES string of the molecule is CCC(C)(CN)CN(C)c1ccc(C)cc1C. The Labute approximate surface area is 106 Å². The molecule has 1 atom stereocenters. The van der Waals surface area contributed by atoms with Gasteiger partial charge in [-0.1, -0.05) is 31.5 Å². The zero-order valence-corrected chi connectivity index (χ0v) is 11.9. The Bertz CT molecular complexity index is 367. The molecule has 17 heavy (non-hydrogen) atoms. The Morgan fingerprint density at radius 1 is 1.29 bits per heavy atom. The summed E-state index contributed by atoms with van der Waals surface area (Å²) in [6.07, 6.45) is 1.11. The van der Waals surface area contributed by atoms with Crippen molar-refractivity contribution < 1.29 is 0 Å². The van der Waals surface area contributed by atoms with Gasteiger partial charge in [-0.3, -0.25) is 0 Å². The van der Waals surface area contributed by atoms with Gasteiger partial charge < -0.3 is 10.6 Å². The minimum Gasteiger partial charge on any atom is -0.374 e. The number of nitrogens with zero attached hydrogens (tertiary/aromatic N) is 1. The number of nitrogens with two attached hydrogens (primary N) is 1. The second-order valence-corrected chi connectivity index (χ2v) is 5.51. The van der Waals surface area contributed by atoms with Crippen LogP contribution in [0.4, 0.5) is 5.69 Å². The van der Waals surface area contributed by atoms with E-state index in [0.29, 0.717) is 0 Å². The van der Waals surface area contributed by atoms with Gasteiger partial charge in [0.15, 0.2) is 0 Å². The van der Waals surface area contributed by atoms with Crippen LogP contribution in [-0.2, 0) is 0 Å². The molecule has 0 bridgehead atoms. The molecule has 1 aromatic carbocycles. The molecule has 0 aliphatic carbocycles. The minimum atomic E-state index is 0.200. The summed E-state index contributed by atoms with van der Waals surface area (Å²) in [4.78, 5) is 2.32. The van der Waals surface area contributed by atoms with Crippen molar-refractivity contribution in [3.8, 4) is 0 Å². The molecule has 0 aliphatic rings. The summed E-state index contributed by atoms with van der Waals surface area (Å²) in [5, 5.41) is 0. The van der Waals surface area contributed by atoms with Crippen LogP contribution < -0.4 is 10.6 Å². The van der Waals surface area contributed by atoms with Gasteiger partial charge in [0, 0.05) is 19.3 Å². The summed E-state index contributed by atoms with van der Waals surface area (Å²) in [5.74, 6) is 0. The predicted octanol–water partition coefficient (Wildman–Crippen LogP) is 3.11. The summed E-state index contributed by atoms with van der Waals surface area (Å²) < 4.78 is 0. The van der Waals surface area contributed by atoms with Crippen molar-refractivity contribution in [2.24, 2.45) is 11.1 Å². The topological polar surface area (TPSA) is 29.3 Å². The maximum absolute atomic E-state index is 5.88. The van der Waals surface area contributed by atoms with Crippen LogP contribution in [0.15, 0.2) is 18.2 Å². The molecule has 0 heterocycles. The van der Waals surface area contributed by atoms with Crippen LogP contribution in [0.25, 0.3) is 0 Å². The van der Waals surface area contributed by atoms with Crippen LogP contribution in [0, 0.1) is 19.3 Å². The van der Waals surface area contributed by atoms with Gasteiger partial charge in [-0.2, -0.15) is 0 Å². The van der Waals surface area contributed by atoms with E-state index in [1.54, 1.807) is 0 Å². The van der Waals surface area contributed by atoms with Gasteiger partial charge in [0.2, 0.25) is 0 Å². The Morgan fingerprint density at radius 2 is 1.94 bits per heavy atom. The molecule has 0 amide bonds. The molecule has 0 fully saturated rings. The fourth-order valence-corrected chi connectivity index (χ4v) is 2.21. The van der Waals surface area contributed by atoms with Gasteiger partial charge in [-0.25, -0.2) is 0 Å². The first-order valence-corrected chi connectivity index (χ1v) is 6.40. The largest absolute Gasteiger partial charge is 0.374 e. The van der Waals surface area contributed by atoms with Gasteiger partial charge in [0.1, 0.15) is 0 Å². The molecule has 0 aromatic heterocycles. The number of hydrogen-bond acceptors (Lipinski definition) is 2. The highest BCUT2D eigenvalue weighted by Gasteiger charge is 2.22. The van der Waals surface area contributed by atoms with Crippen LogP contribution in [0.2, 0.25) is 0 Å². The van der Waals surface area contributed by atoms with Crippen molar-refractivity contribution >= 4 is 5.69 Å². The molecule has 0 saturated carbocycles. The van der Waals surface area contributed by atoms with Crippen molar-refractivity contribution in [1.29, 1.82) is 0 Å². The average Bonchev–Trinajstić information content (AvgIpc) is 2.28. The fraction of sp³-hybridized carbons (Fsp3) is 0.600. The van der Waals surface area contributed by atoms with Crippen molar-refractivity contribution in [3.63, 3.8) is 0 Å². The third kappa shape index (κ3) is 3.47. The first-order chi connectivity index (χ1) is 7.91. The van der Waals surface area contributed by atoms with Crippen molar-refractivity contribution in [3.05, 3.63) is 29.3 Å². The van der Waals surface area contributed by atoms with Crippen LogP contribution in [0.1, 0.15) is 31.4 Å². The fourth-order valence-electron chi connectivity index (χ4n) is 2.21. The third-order valence-electron chi connectivity index (χ3n) is 3.73. The standard InChI is InChI=1S/C15H26N2/c1-6-15(4,10-16)11-17(5)14-8-7-12(2)9-13(14)3/h7-9H,6,10-11,16H2,1-5H3. The molecule has 2 heteroatoms. The molecule has 0 aliphatic heterocycles. The van der Waals surface area contributed by atoms with Crippen molar-refractivity contribution in [1.82, 2.24) is 0 Å². The first kappa shape index (κ1) is 14.0. The predicted molar refractivity (Wildman–Crippen MR) is 76.6 cm³/mol. The van der Waals surface area contributed by atoms with Crippen molar-refractivity contribution in [2.45, 2.75) is 34.1 Å². The highest BCUT2D eigenvalue weighted by Crippen LogP contribution is 2.26. The number of aryl methyl sites for hydroxylation is 2. The molecule has 1 rings (SSSR count). The monoisotopic (exact) mass is 234 g/mol. The van der Waals surface area contributed by atoms with E-state index in [9.17, 15) is 0 Å². The molecule has 1 unspecified atom stereocenters. The summed E-state index contributed by atoms with van der Waals surface area (Å²) in [5.41, 5.74) is 10.0. The summed E-state index contributed by atoms with van der Waals surface area (Å²) in [7, 11) is 2.15. The minimum absolute atomic E-state index is 0.200. The van der Waals surface area contributed by atoms with Crippen LogP contribution in [0.5, 0.6) is 0 Å². The van der Waals surface area contributed by atoms with E-state index >= 15 is 0 Å². The lowest BCUT2D eigenvalue weighted by atomic mass is 9.87. The number of rotatable bonds is 5. The highest BCUT2D eigenvalue weighted by atomic mass is 15.1. The Balaban J connectivity index is 2.86. The second kappa shape index (κ2) is 5.54. The lowest BCUT2D eigenvalue weighted by molar-refractivity contribution is 0.329. The maximum Gasteiger partial charge on any atom is 0.0393 e. The lowest BCUT2D eigenvalue weighted by Gasteiger charge is -2.33. The van der Waals surface area contributed by atoms with Gasteiger partial charge in [-0.15, -0.1) is 0 Å². The zero-order valence-electron chi connectivity index (χ0n) is 11.9. The third-order valence-corrected chi connectivity index (χ3v) is 3.73. The molecular weight excluding hydrogens is 208 g/mol. The van der Waals surface area contributed by atoms with Crippen molar-refractivity contribution in [2.75, 3.05) is 25.0 Å². The van der Waals surface area contributed by atoms with E-state index < -0.39 is 0 Å². The van der Waals surface area contributed by atoms with Gasteiger partial charge in [0.05, 0.1) is 0 Å². The Morgan fingerprint density at radius 3 is 2.41 bits per heavy atom. The van der Waals surface area contributed by atoms with Gasteiger partial charge in [-0.05, 0) is 43.9 Å². The van der Waals surface area contributed by atoms with Crippen LogP contribution in [0.3, 0.4) is 0 Å². The van der Waals surface area contributed by atoms with E-state index in [1.807, 2.05) is 0 Å². The second-order valence-electron chi connectivity index (χ2n) is 5.51. The van der Waals surface area contributed by atoms with E-state index in [4.69, 9.17) is 5.73 Å². The molecule has 96 valence electrons. The smallest absolute Gasteiger partial charge is 0.0393 e. The number of benzene rings is 1. The highest BCUT2D eigenvalue weighted by molar-refractivity contribution is 5.53. The Kier molecular flexibility index (Phi) is 4.58. The number of hydrogen-bond donors (Lipinski definition) is 1. The maximum atomic E-state index is 5.88. The molecule has 0 radical (unpaired) electrons. The zero-order chi connectivity index (χ0) is 13.1. The molecule has 0 saturated heterocycles. The Hall–Kier alpha value is -1.02. The molecule has 2 nitrogen and oxygen atoms in total. The summed E-state index contributed by atoms with van der Waals surface area (Å²) in [6.45, 7) is 10.5. The quantitative estimate of drug-likeness (QED) is 0.848. The summed E-state index contributed by atoms with van der Waals surface area (Å²) >= 11 is 0. The summed E-state index contributed by atoms with van der Waals surface area (Å²) in [6, 6.07) is 6.61. The van der Waals surface area contributed by atoms with E-state index in [2.05, 4.69) is 57.8 Å². The molecule has 2 N–H and O–H groups in total. The lowest BCUT2D eigenvalue weighted by Crippen LogP contribution is -2.38. The van der Waals surface area contributed by atoms with Crippen LogP contribution >= 0.6 is 0 Å². The average molecular weight is 234 g/mol. The molecule has 1 aromatic rings. The number of anilines is 1.